The van der Waals surface area contributed by atoms with Gasteiger partial charge in [-0.15, -0.1) is 0 Å². The Labute approximate surface area is 162 Å². The van der Waals surface area contributed by atoms with E-state index in [9.17, 15) is 4.79 Å². The highest BCUT2D eigenvalue weighted by Crippen LogP contribution is 2.42. The number of rotatable bonds is 6. The summed E-state index contributed by atoms with van der Waals surface area (Å²) in [6.07, 6.45) is 7.59. The Bertz CT molecular complexity index is 674. The van der Waals surface area contributed by atoms with Gasteiger partial charge in [-0.2, -0.15) is 0 Å². The fourth-order valence-electron chi connectivity index (χ4n) is 5.33. The summed E-state index contributed by atoms with van der Waals surface area (Å²) in [6.45, 7) is 5.09. The number of hydrogen-bond donors (Lipinski definition) is 1. The number of methoxy groups -OCH3 is 1. The molecule has 1 aromatic heterocycles. The molecule has 1 aliphatic carbocycles. The summed E-state index contributed by atoms with van der Waals surface area (Å²) >= 11 is 0. The van der Waals surface area contributed by atoms with E-state index in [-0.39, 0.29) is 12.5 Å². The van der Waals surface area contributed by atoms with Crippen molar-refractivity contribution in [1.82, 2.24) is 20.2 Å². The molecular weight excluding hydrogens is 340 g/mol. The van der Waals surface area contributed by atoms with Crippen LogP contribution in [0.3, 0.4) is 0 Å². The van der Waals surface area contributed by atoms with Gasteiger partial charge < -0.3 is 10.1 Å². The molecule has 4 aliphatic rings. The van der Waals surface area contributed by atoms with Crippen LogP contribution < -0.4 is 5.32 Å². The Kier molecular flexibility index (Phi) is 5.74. The number of carbonyl (C=O) groups excluding carboxylic acids is 1. The second-order valence-corrected chi connectivity index (χ2v) is 8.52. The Hall–Kier alpha value is -1.53. The van der Waals surface area contributed by atoms with Crippen molar-refractivity contribution in [2.45, 2.75) is 63.3 Å². The fourth-order valence-corrected chi connectivity index (χ4v) is 5.33. The molecule has 148 valence electrons. The Balaban J connectivity index is 1.44. The van der Waals surface area contributed by atoms with E-state index in [2.05, 4.69) is 16.3 Å². The van der Waals surface area contributed by atoms with E-state index in [1.54, 1.807) is 7.11 Å². The van der Waals surface area contributed by atoms with Crippen LogP contribution in [-0.2, 0) is 9.53 Å². The number of fused-ring (bicyclic) bond motifs is 3. The molecule has 4 heterocycles. The maximum Gasteiger partial charge on any atom is 0.246 e. The van der Waals surface area contributed by atoms with Crippen molar-refractivity contribution in [2.75, 3.05) is 33.4 Å². The van der Waals surface area contributed by atoms with Gasteiger partial charge in [-0.25, -0.2) is 9.97 Å². The predicted octanol–water partition coefficient (Wildman–Crippen LogP) is 2.38. The molecule has 4 atom stereocenters. The molecule has 1 unspecified atom stereocenters. The number of piperidine rings is 3. The summed E-state index contributed by atoms with van der Waals surface area (Å²) in [5.74, 6) is 2.70. The number of amides is 1. The molecule has 1 amide bonds. The van der Waals surface area contributed by atoms with E-state index in [1.807, 2.05) is 6.92 Å². The van der Waals surface area contributed by atoms with Crippen LogP contribution in [0.25, 0.3) is 0 Å². The first-order valence-electron chi connectivity index (χ1n) is 10.5. The average Bonchev–Trinajstić information content (AvgIpc) is 3.21. The number of nitrogens with one attached hydrogen (secondary N) is 1. The lowest BCUT2D eigenvalue weighted by molar-refractivity contribution is -0.125. The molecule has 0 radical (unpaired) electrons. The molecule has 2 bridgehead atoms. The summed E-state index contributed by atoms with van der Waals surface area (Å²) in [5, 5.41) is 3.02. The van der Waals surface area contributed by atoms with E-state index in [1.165, 1.54) is 43.5 Å². The zero-order valence-electron chi connectivity index (χ0n) is 16.6. The monoisotopic (exact) mass is 372 g/mol. The third-order valence-electron chi connectivity index (χ3n) is 6.72. The predicted molar refractivity (Wildman–Crippen MR) is 104 cm³/mol. The lowest BCUT2D eigenvalue weighted by Crippen LogP contribution is -2.56. The number of hydrogen-bond acceptors (Lipinski definition) is 5. The number of carbonyl (C=O) groups is 1. The van der Waals surface area contributed by atoms with Gasteiger partial charge in [0.1, 0.15) is 12.4 Å². The van der Waals surface area contributed by atoms with Crippen molar-refractivity contribution < 1.29 is 9.53 Å². The molecule has 27 heavy (non-hydrogen) atoms. The first-order chi connectivity index (χ1) is 13.1. The van der Waals surface area contributed by atoms with E-state index >= 15 is 0 Å². The van der Waals surface area contributed by atoms with Gasteiger partial charge in [-0.3, -0.25) is 9.69 Å². The molecule has 6 nitrogen and oxygen atoms in total. The third kappa shape index (κ3) is 4.16. The van der Waals surface area contributed by atoms with Crippen molar-refractivity contribution in [1.29, 1.82) is 0 Å². The van der Waals surface area contributed by atoms with Crippen LogP contribution in [-0.4, -0.2) is 60.2 Å². The minimum Gasteiger partial charge on any atom is -0.375 e. The molecule has 1 aromatic rings. The summed E-state index contributed by atoms with van der Waals surface area (Å²) in [7, 11) is 1.56. The summed E-state index contributed by atoms with van der Waals surface area (Å²) in [4.78, 5) is 23.9. The van der Waals surface area contributed by atoms with E-state index in [0.29, 0.717) is 23.8 Å². The molecule has 3 aliphatic heterocycles. The van der Waals surface area contributed by atoms with Crippen molar-refractivity contribution in [3.8, 4) is 0 Å². The third-order valence-corrected chi connectivity index (χ3v) is 6.72. The topological polar surface area (TPSA) is 67.3 Å². The number of aromatic nitrogens is 2. The molecule has 3 saturated heterocycles. The molecule has 1 N–H and O–H groups in total. The van der Waals surface area contributed by atoms with E-state index in [4.69, 9.17) is 14.7 Å². The van der Waals surface area contributed by atoms with Crippen molar-refractivity contribution in [2.24, 2.45) is 5.92 Å². The SMILES string of the molecule is COCC(=O)NC[C@H]1C[C@@H]2CCN1C[C@H]2c1cc(C2CCCC2)nc(C)n1. The Morgan fingerprint density at radius 1 is 1.26 bits per heavy atom. The molecule has 1 saturated carbocycles. The average molecular weight is 373 g/mol. The zero-order valence-corrected chi connectivity index (χ0v) is 16.6. The van der Waals surface area contributed by atoms with E-state index in [0.717, 1.165) is 31.9 Å². The van der Waals surface area contributed by atoms with Gasteiger partial charge in [0.05, 0.1) is 0 Å². The fraction of sp³-hybridized carbons (Fsp3) is 0.762. The van der Waals surface area contributed by atoms with Crippen molar-refractivity contribution in [3.63, 3.8) is 0 Å². The van der Waals surface area contributed by atoms with Gasteiger partial charge in [-0.1, -0.05) is 12.8 Å². The minimum atomic E-state index is -0.0238. The first-order valence-corrected chi connectivity index (χ1v) is 10.5. The van der Waals surface area contributed by atoms with Crippen LogP contribution in [0.5, 0.6) is 0 Å². The summed E-state index contributed by atoms with van der Waals surface area (Å²) in [6, 6.07) is 2.75. The standard InChI is InChI=1S/C21H32N4O2/c1-14-23-19(15-5-3-4-6-15)10-20(24-14)18-12-25-8-7-16(18)9-17(25)11-22-21(26)13-27-2/h10,15-18H,3-9,11-13H2,1-2H3,(H,22,26)/t16-,17+,18+/m0/s1. The van der Waals surface area contributed by atoms with E-state index < -0.39 is 0 Å². The number of aryl methyl sites for hydroxylation is 1. The van der Waals surface area contributed by atoms with Crippen LogP contribution in [0.1, 0.15) is 67.6 Å². The highest BCUT2D eigenvalue weighted by atomic mass is 16.5. The molecule has 6 heteroatoms. The first kappa shape index (κ1) is 18.8. The van der Waals surface area contributed by atoms with Gasteiger partial charge in [0.15, 0.2) is 0 Å². The van der Waals surface area contributed by atoms with Crippen molar-refractivity contribution in [3.05, 3.63) is 23.3 Å². The van der Waals surface area contributed by atoms with Gasteiger partial charge in [0.25, 0.3) is 0 Å². The molecule has 0 spiro atoms. The number of ether oxygens (including phenoxy) is 1. The van der Waals surface area contributed by atoms with Crippen LogP contribution >= 0.6 is 0 Å². The lowest BCUT2D eigenvalue weighted by Gasteiger charge is -2.49. The van der Waals surface area contributed by atoms with Crippen LogP contribution in [0.2, 0.25) is 0 Å². The largest absolute Gasteiger partial charge is 0.375 e. The molecular formula is C21H32N4O2. The van der Waals surface area contributed by atoms with Crippen molar-refractivity contribution >= 4 is 5.91 Å². The highest BCUT2D eigenvalue weighted by Gasteiger charge is 2.41. The normalized spacial score (nSPS) is 30.6. The van der Waals surface area contributed by atoms with Gasteiger partial charge in [-0.05, 0) is 51.1 Å². The number of nitrogens with zero attached hydrogens (tertiary/aromatic N) is 3. The second kappa shape index (κ2) is 8.23. The molecule has 4 fully saturated rings. The molecule has 0 aromatic carbocycles. The van der Waals surface area contributed by atoms with Crippen LogP contribution in [0.4, 0.5) is 0 Å². The zero-order chi connectivity index (χ0) is 18.8. The minimum absolute atomic E-state index is 0.0238. The second-order valence-electron chi connectivity index (χ2n) is 8.52. The smallest absolute Gasteiger partial charge is 0.246 e. The highest BCUT2D eigenvalue weighted by molar-refractivity contribution is 5.77. The maximum absolute atomic E-state index is 11.7. The molecule has 5 rings (SSSR count). The summed E-state index contributed by atoms with van der Waals surface area (Å²) < 4.78 is 4.91. The van der Waals surface area contributed by atoms with Gasteiger partial charge >= 0.3 is 0 Å². The maximum atomic E-state index is 11.7. The Morgan fingerprint density at radius 3 is 2.74 bits per heavy atom. The van der Waals surface area contributed by atoms with Gasteiger partial charge in [0, 0.05) is 49.5 Å². The quantitative estimate of drug-likeness (QED) is 0.830. The van der Waals surface area contributed by atoms with Gasteiger partial charge in [0.2, 0.25) is 5.91 Å². The summed E-state index contributed by atoms with van der Waals surface area (Å²) in [5.41, 5.74) is 2.52. The van der Waals surface area contributed by atoms with Crippen LogP contribution in [0, 0.1) is 12.8 Å². The Morgan fingerprint density at radius 2 is 2.04 bits per heavy atom. The van der Waals surface area contributed by atoms with Crippen LogP contribution in [0.15, 0.2) is 6.07 Å². The lowest BCUT2D eigenvalue weighted by atomic mass is 9.74.